The van der Waals surface area contributed by atoms with Crippen molar-refractivity contribution in [2.24, 2.45) is 0 Å². The quantitative estimate of drug-likeness (QED) is 0.505. The average molecular weight is 372 g/mol. The molecular weight excluding hydrogens is 355 g/mol. The minimum absolute atomic E-state index is 0.0491. The molecule has 0 atom stereocenters. The zero-order valence-corrected chi connectivity index (χ0v) is 14.9. The molecule has 26 heavy (non-hydrogen) atoms. The zero-order chi connectivity index (χ0) is 18.5. The van der Waals surface area contributed by atoms with Crippen LogP contribution in [0.4, 0.5) is 9.52 Å². The maximum Gasteiger partial charge on any atom is 0.338 e. The standard InChI is InChI=1S/C19H17FN2O3S/c1-2-3-10-25-18(24)12-8-9-15-16(11-12)26-19(21-15)22-17(23)13-6-4-5-7-14(13)20/h4-9,11H,2-3,10H2,1H3,(H,21,22,23). The van der Waals surface area contributed by atoms with Gasteiger partial charge < -0.3 is 4.74 Å². The lowest BCUT2D eigenvalue weighted by Crippen LogP contribution is -2.13. The first-order valence-electron chi connectivity index (χ1n) is 8.22. The summed E-state index contributed by atoms with van der Waals surface area (Å²) in [5, 5.41) is 2.93. The number of thiazole rings is 1. The lowest BCUT2D eigenvalue weighted by atomic mass is 10.2. The second-order valence-corrected chi connectivity index (χ2v) is 6.66. The van der Waals surface area contributed by atoms with Gasteiger partial charge in [-0.3, -0.25) is 10.1 Å². The summed E-state index contributed by atoms with van der Waals surface area (Å²) in [6.45, 7) is 2.41. The number of benzene rings is 2. The van der Waals surface area contributed by atoms with Gasteiger partial charge in [-0.1, -0.05) is 36.8 Å². The van der Waals surface area contributed by atoms with Gasteiger partial charge in [-0.05, 0) is 36.8 Å². The Morgan fingerprint density at radius 2 is 2.04 bits per heavy atom. The van der Waals surface area contributed by atoms with Crippen LogP contribution in [0.3, 0.4) is 0 Å². The highest BCUT2D eigenvalue weighted by atomic mass is 32.1. The molecule has 0 spiro atoms. The molecule has 1 aromatic heterocycles. The van der Waals surface area contributed by atoms with Crippen LogP contribution in [0.15, 0.2) is 42.5 Å². The third-order valence-corrected chi connectivity index (χ3v) is 4.63. The van der Waals surface area contributed by atoms with Crippen LogP contribution in [0.25, 0.3) is 10.2 Å². The topological polar surface area (TPSA) is 68.3 Å². The van der Waals surface area contributed by atoms with Crippen molar-refractivity contribution in [3.05, 3.63) is 59.4 Å². The monoisotopic (exact) mass is 372 g/mol. The molecule has 0 aliphatic carbocycles. The van der Waals surface area contributed by atoms with E-state index in [9.17, 15) is 14.0 Å². The molecule has 0 fully saturated rings. The average Bonchev–Trinajstić information content (AvgIpc) is 3.03. The molecule has 7 heteroatoms. The molecule has 2 aromatic carbocycles. The molecular formula is C19H17FN2O3S. The van der Waals surface area contributed by atoms with E-state index in [2.05, 4.69) is 10.3 Å². The smallest absolute Gasteiger partial charge is 0.338 e. The van der Waals surface area contributed by atoms with E-state index in [0.717, 1.165) is 17.5 Å². The van der Waals surface area contributed by atoms with Crippen LogP contribution in [-0.2, 0) is 4.74 Å². The van der Waals surface area contributed by atoms with Crippen molar-refractivity contribution in [1.29, 1.82) is 0 Å². The Hall–Kier alpha value is -2.80. The zero-order valence-electron chi connectivity index (χ0n) is 14.1. The number of ether oxygens (including phenoxy) is 1. The van der Waals surface area contributed by atoms with E-state index in [1.165, 1.54) is 29.5 Å². The number of unbranched alkanes of at least 4 members (excludes halogenated alkanes) is 1. The predicted octanol–water partition coefficient (Wildman–Crippen LogP) is 4.64. The molecule has 0 aliphatic rings. The van der Waals surface area contributed by atoms with Crippen LogP contribution < -0.4 is 5.32 Å². The first-order chi connectivity index (χ1) is 12.6. The van der Waals surface area contributed by atoms with Gasteiger partial charge in [-0.15, -0.1) is 0 Å². The molecule has 1 amide bonds. The number of hydrogen-bond donors (Lipinski definition) is 1. The molecule has 0 saturated carbocycles. The molecule has 1 heterocycles. The number of aromatic nitrogens is 1. The Labute approximate surface area is 153 Å². The molecule has 134 valence electrons. The van der Waals surface area contributed by atoms with Crippen LogP contribution in [0.5, 0.6) is 0 Å². The van der Waals surface area contributed by atoms with Gasteiger partial charge >= 0.3 is 5.97 Å². The number of carbonyl (C=O) groups excluding carboxylic acids is 2. The summed E-state index contributed by atoms with van der Waals surface area (Å²) in [5.41, 5.74) is 1.03. The second-order valence-electron chi connectivity index (χ2n) is 5.62. The molecule has 1 N–H and O–H groups in total. The summed E-state index contributed by atoms with van der Waals surface area (Å²) in [7, 11) is 0. The summed E-state index contributed by atoms with van der Waals surface area (Å²) < 4.78 is 19.6. The fourth-order valence-corrected chi connectivity index (χ4v) is 3.21. The van der Waals surface area contributed by atoms with Gasteiger partial charge in [-0.25, -0.2) is 14.2 Å². The third-order valence-electron chi connectivity index (χ3n) is 3.69. The van der Waals surface area contributed by atoms with Crippen molar-refractivity contribution in [2.45, 2.75) is 19.8 Å². The summed E-state index contributed by atoms with van der Waals surface area (Å²) in [4.78, 5) is 28.5. The molecule has 0 bridgehead atoms. The molecule has 0 aliphatic heterocycles. The number of halogens is 1. The van der Waals surface area contributed by atoms with Gasteiger partial charge in [0.15, 0.2) is 5.13 Å². The highest BCUT2D eigenvalue weighted by molar-refractivity contribution is 7.22. The van der Waals surface area contributed by atoms with E-state index in [0.29, 0.717) is 22.8 Å². The molecule has 3 rings (SSSR count). The second kappa shape index (κ2) is 8.05. The van der Waals surface area contributed by atoms with Crippen molar-refractivity contribution >= 4 is 38.6 Å². The summed E-state index contributed by atoms with van der Waals surface area (Å²) in [5.74, 6) is -1.55. The third kappa shape index (κ3) is 4.05. The van der Waals surface area contributed by atoms with E-state index in [1.54, 1.807) is 24.3 Å². The van der Waals surface area contributed by atoms with E-state index in [4.69, 9.17) is 4.74 Å². The molecule has 5 nitrogen and oxygen atoms in total. The van der Waals surface area contributed by atoms with Crippen LogP contribution in [-0.4, -0.2) is 23.5 Å². The van der Waals surface area contributed by atoms with Crippen molar-refractivity contribution in [1.82, 2.24) is 4.98 Å². The van der Waals surface area contributed by atoms with E-state index in [-0.39, 0.29) is 11.5 Å². The number of nitrogens with one attached hydrogen (secondary N) is 1. The Balaban J connectivity index is 1.76. The number of hydrogen-bond acceptors (Lipinski definition) is 5. The minimum Gasteiger partial charge on any atom is -0.462 e. The van der Waals surface area contributed by atoms with Crippen molar-refractivity contribution in [3.8, 4) is 0 Å². The Bertz CT molecular complexity index is 955. The SMILES string of the molecule is CCCCOC(=O)c1ccc2nc(NC(=O)c3ccccc3F)sc2c1. The van der Waals surface area contributed by atoms with Crippen molar-refractivity contribution < 1.29 is 18.7 Å². The summed E-state index contributed by atoms with van der Waals surface area (Å²) in [6.07, 6.45) is 1.77. The van der Waals surface area contributed by atoms with Gasteiger partial charge in [0.25, 0.3) is 5.91 Å². The van der Waals surface area contributed by atoms with Gasteiger partial charge in [0.1, 0.15) is 5.82 Å². The summed E-state index contributed by atoms with van der Waals surface area (Å²) in [6, 6.07) is 10.8. The fourth-order valence-electron chi connectivity index (χ4n) is 2.31. The molecule has 0 radical (unpaired) electrons. The number of amides is 1. The Kier molecular flexibility index (Phi) is 5.58. The predicted molar refractivity (Wildman–Crippen MR) is 99.2 cm³/mol. The number of rotatable bonds is 6. The largest absolute Gasteiger partial charge is 0.462 e. The minimum atomic E-state index is -0.594. The maximum atomic E-state index is 13.7. The number of fused-ring (bicyclic) bond motifs is 1. The van der Waals surface area contributed by atoms with Crippen LogP contribution in [0, 0.1) is 5.82 Å². The maximum absolute atomic E-state index is 13.7. The molecule has 0 unspecified atom stereocenters. The number of esters is 1. The normalized spacial score (nSPS) is 10.7. The van der Waals surface area contributed by atoms with E-state index in [1.807, 2.05) is 6.92 Å². The first kappa shape index (κ1) is 18.0. The highest BCUT2D eigenvalue weighted by Crippen LogP contribution is 2.27. The van der Waals surface area contributed by atoms with Gasteiger partial charge in [0.05, 0.1) is 28.0 Å². The lowest BCUT2D eigenvalue weighted by Gasteiger charge is -2.03. The first-order valence-corrected chi connectivity index (χ1v) is 9.03. The van der Waals surface area contributed by atoms with E-state index < -0.39 is 11.7 Å². The number of carbonyl (C=O) groups is 2. The molecule has 3 aromatic rings. The summed E-state index contributed by atoms with van der Waals surface area (Å²) >= 11 is 1.21. The van der Waals surface area contributed by atoms with Gasteiger partial charge in [0.2, 0.25) is 0 Å². The fraction of sp³-hybridized carbons (Fsp3) is 0.211. The molecule has 0 saturated heterocycles. The number of anilines is 1. The van der Waals surface area contributed by atoms with Gasteiger partial charge in [0, 0.05) is 0 Å². The highest BCUT2D eigenvalue weighted by Gasteiger charge is 2.15. The van der Waals surface area contributed by atoms with Gasteiger partial charge in [-0.2, -0.15) is 0 Å². The Morgan fingerprint density at radius 1 is 1.23 bits per heavy atom. The van der Waals surface area contributed by atoms with Crippen LogP contribution >= 0.6 is 11.3 Å². The van der Waals surface area contributed by atoms with Crippen LogP contribution in [0.1, 0.15) is 40.5 Å². The lowest BCUT2D eigenvalue weighted by molar-refractivity contribution is 0.0500. The number of nitrogens with zero attached hydrogens (tertiary/aromatic N) is 1. The van der Waals surface area contributed by atoms with E-state index >= 15 is 0 Å². The van der Waals surface area contributed by atoms with Crippen LogP contribution in [0.2, 0.25) is 0 Å². The van der Waals surface area contributed by atoms with Crippen molar-refractivity contribution in [2.75, 3.05) is 11.9 Å². The Morgan fingerprint density at radius 3 is 2.81 bits per heavy atom. The van der Waals surface area contributed by atoms with Crippen molar-refractivity contribution in [3.63, 3.8) is 0 Å².